The van der Waals surface area contributed by atoms with Crippen molar-refractivity contribution in [2.75, 3.05) is 23.9 Å². The summed E-state index contributed by atoms with van der Waals surface area (Å²) in [5.74, 6) is -2.98. The number of hydrogen-bond acceptors (Lipinski definition) is 7. The number of rotatable bonds is 3. The Balaban J connectivity index is 1.56. The van der Waals surface area contributed by atoms with E-state index in [2.05, 4.69) is 5.32 Å². The molecule has 0 radical (unpaired) electrons. The second-order valence-corrected chi connectivity index (χ2v) is 9.75. The maximum Gasteiger partial charge on any atom is 0.271 e. The summed E-state index contributed by atoms with van der Waals surface area (Å²) in [4.78, 5) is 55.6. The molecule has 0 saturated carbocycles. The molecular formula is C24H21ClN4O6. The Labute approximate surface area is 204 Å². The van der Waals surface area contributed by atoms with Gasteiger partial charge in [0.25, 0.3) is 5.69 Å². The van der Waals surface area contributed by atoms with Gasteiger partial charge in [-0.25, -0.2) is 4.90 Å². The Kier molecular flexibility index (Phi) is 4.56. The monoisotopic (exact) mass is 496 g/mol. The first-order chi connectivity index (χ1) is 16.7. The van der Waals surface area contributed by atoms with Crippen LogP contribution in [-0.2, 0) is 19.9 Å². The van der Waals surface area contributed by atoms with Crippen molar-refractivity contribution >= 4 is 46.4 Å². The number of carbonyl (C=O) groups is 3. The van der Waals surface area contributed by atoms with E-state index in [0.29, 0.717) is 34.8 Å². The number of nitro groups is 1. The molecule has 4 aliphatic rings. The van der Waals surface area contributed by atoms with Gasteiger partial charge < -0.3 is 10.1 Å². The van der Waals surface area contributed by atoms with E-state index in [1.165, 1.54) is 25.3 Å². The zero-order valence-electron chi connectivity index (χ0n) is 18.9. The van der Waals surface area contributed by atoms with Crippen LogP contribution in [0.1, 0.15) is 24.0 Å². The molecule has 1 spiro atoms. The highest BCUT2D eigenvalue weighted by Crippen LogP contribution is 2.61. The van der Waals surface area contributed by atoms with E-state index in [4.69, 9.17) is 16.3 Å². The molecule has 4 atom stereocenters. The summed E-state index contributed by atoms with van der Waals surface area (Å²) in [5, 5.41) is 14.9. The average Bonchev–Trinajstić information content (AvgIpc) is 3.54. The summed E-state index contributed by atoms with van der Waals surface area (Å²) >= 11 is 6.32. The van der Waals surface area contributed by atoms with Crippen LogP contribution in [-0.4, -0.2) is 47.2 Å². The lowest BCUT2D eigenvalue weighted by Crippen LogP contribution is -2.54. The van der Waals surface area contributed by atoms with Gasteiger partial charge >= 0.3 is 0 Å². The number of ether oxygens (including phenoxy) is 1. The van der Waals surface area contributed by atoms with Crippen LogP contribution < -0.4 is 15.0 Å². The van der Waals surface area contributed by atoms with Crippen LogP contribution in [0.5, 0.6) is 5.75 Å². The van der Waals surface area contributed by atoms with Gasteiger partial charge in [0.2, 0.25) is 17.7 Å². The molecule has 10 nitrogen and oxygen atoms in total. The number of carbonyl (C=O) groups excluding carboxylic acids is 3. The summed E-state index contributed by atoms with van der Waals surface area (Å²) in [5.41, 5.74) is 0.286. The fourth-order valence-corrected chi connectivity index (χ4v) is 6.75. The lowest BCUT2D eigenvalue weighted by atomic mass is 9.75. The molecule has 0 unspecified atom stereocenters. The predicted molar refractivity (Wildman–Crippen MR) is 125 cm³/mol. The van der Waals surface area contributed by atoms with Crippen molar-refractivity contribution in [3.8, 4) is 5.75 Å². The third-order valence-corrected chi connectivity index (χ3v) is 8.39. The summed E-state index contributed by atoms with van der Waals surface area (Å²) in [6, 6.07) is 6.94. The Morgan fingerprint density at radius 3 is 2.69 bits per heavy atom. The largest absolute Gasteiger partial charge is 0.495 e. The lowest BCUT2D eigenvalue weighted by Gasteiger charge is -2.36. The third-order valence-electron chi connectivity index (χ3n) is 7.98. The Morgan fingerprint density at radius 2 is 1.97 bits per heavy atom. The molecule has 11 heteroatoms. The van der Waals surface area contributed by atoms with Crippen LogP contribution in [0.25, 0.3) is 0 Å². The molecule has 6 rings (SSSR count). The van der Waals surface area contributed by atoms with Gasteiger partial charge in [-0.1, -0.05) is 17.7 Å². The number of nitrogens with zero attached hydrogens (tertiary/aromatic N) is 3. The van der Waals surface area contributed by atoms with Crippen LogP contribution >= 0.6 is 11.6 Å². The third kappa shape index (κ3) is 2.55. The van der Waals surface area contributed by atoms with Gasteiger partial charge in [-0.15, -0.1) is 0 Å². The molecular weight excluding hydrogens is 476 g/mol. The van der Waals surface area contributed by atoms with Gasteiger partial charge in [0, 0.05) is 28.8 Å². The molecule has 0 aromatic heterocycles. The normalized spacial score (nSPS) is 28.9. The minimum atomic E-state index is -1.36. The second-order valence-electron chi connectivity index (χ2n) is 9.35. The van der Waals surface area contributed by atoms with E-state index in [9.17, 15) is 24.5 Å². The van der Waals surface area contributed by atoms with Gasteiger partial charge in [0.15, 0.2) is 0 Å². The smallest absolute Gasteiger partial charge is 0.271 e. The van der Waals surface area contributed by atoms with Gasteiger partial charge in [-0.2, -0.15) is 0 Å². The first kappa shape index (κ1) is 22.0. The number of imide groups is 1. The van der Waals surface area contributed by atoms with Gasteiger partial charge in [-0.3, -0.25) is 29.4 Å². The van der Waals surface area contributed by atoms with Crippen molar-refractivity contribution in [3.05, 3.63) is 56.6 Å². The number of halogens is 1. The topological polar surface area (TPSA) is 122 Å². The highest BCUT2D eigenvalue weighted by atomic mass is 35.5. The quantitative estimate of drug-likeness (QED) is 0.393. The van der Waals surface area contributed by atoms with Crippen LogP contribution in [0.2, 0.25) is 5.02 Å². The number of benzene rings is 2. The highest BCUT2D eigenvalue weighted by Gasteiger charge is 2.75. The molecule has 0 bridgehead atoms. The molecule has 180 valence electrons. The maximum atomic E-state index is 14.1. The minimum absolute atomic E-state index is 0.0108. The number of hydrogen-bond donors (Lipinski definition) is 1. The molecule has 2 aromatic rings. The van der Waals surface area contributed by atoms with E-state index in [-0.39, 0.29) is 29.1 Å². The maximum absolute atomic E-state index is 14.1. The Hall–Kier alpha value is -3.50. The lowest BCUT2D eigenvalue weighted by molar-refractivity contribution is -0.384. The number of methoxy groups -OCH3 is 1. The fourth-order valence-electron chi connectivity index (χ4n) is 6.59. The van der Waals surface area contributed by atoms with Gasteiger partial charge in [-0.05, 0) is 44.0 Å². The number of nitro benzene ring substituents is 1. The van der Waals surface area contributed by atoms with Crippen molar-refractivity contribution in [2.45, 2.75) is 31.3 Å². The van der Waals surface area contributed by atoms with Crippen LogP contribution in [0.15, 0.2) is 30.3 Å². The van der Waals surface area contributed by atoms with E-state index in [1.807, 2.05) is 4.90 Å². The Morgan fingerprint density at radius 1 is 1.20 bits per heavy atom. The van der Waals surface area contributed by atoms with E-state index in [1.54, 1.807) is 19.1 Å². The number of fused-ring (bicyclic) bond motifs is 7. The molecule has 4 heterocycles. The van der Waals surface area contributed by atoms with Crippen molar-refractivity contribution in [1.82, 2.24) is 4.90 Å². The van der Waals surface area contributed by atoms with E-state index in [0.717, 1.165) is 11.3 Å². The minimum Gasteiger partial charge on any atom is -0.495 e. The predicted octanol–water partition coefficient (Wildman–Crippen LogP) is 3.00. The van der Waals surface area contributed by atoms with E-state index < -0.39 is 34.1 Å². The summed E-state index contributed by atoms with van der Waals surface area (Å²) in [7, 11) is 1.36. The van der Waals surface area contributed by atoms with E-state index >= 15 is 0 Å². The fraction of sp³-hybridized carbons (Fsp3) is 0.375. The molecule has 3 fully saturated rings. The first-order valence-electron chi connectivity index (χ1n) is 11.3. The molecule has 4 aliphatic heterocycles. The summed E-state index contributed by atoms with van der Waals surface area (Å²) in [6.45, 7) is 2.38. The van der Waals surface area contributed by atoms with Crippen LogP contribution in [0.4, 0.5) is 17.1 Å². The molecule has 2 aromatic carbocycles. The van der Waals surface area contributed by atoms with Gasteiger partial charge in [0.1, 0.15) is 17.0 Å². The zero-order chi connectivity index (χ0) is 24.8. The number of nitrogens with one attached hydrogen (secondary N) is 1. The summed E-state index contributed by atoms with van der Waals surface area (Å²) in [6.07, 6.45) is 1.45. The molecule has 0 aliphatic carbocycles. The Bertz CT molecular complexity index is 1360. The van der Waals surface area contributed by atoms with Gasteiger partial charge in [0.05, 0.1) is 29.6 Å². The molecule has 3 saturated heterocycles. The summed E-state index contributed by atoms with van der Waals surface area (Å²) < 4.78 is 5.35. The second kappa shape index (κ2) is 7.25. The standard InChI is InChI=1S/C24H21ClN4O6/c1-11-14(25)7-6-13-20(11)26-23(32)24(13)19-18(15-4-3-9-27(15)24)21(30)28(22(19)31)16-10-12(29(33)34)5-8-17(16)35-2/h5-8,10,15,18-19H,3-4,9H2,1-2H3,(H,26,32)/t15-,18-,19+,24+/m1/s1. The SMILES string of the molecule is COc1ccc([N+](=O)[O-])cc1N1C(=O)[C@@H]2[C@H]3CCCN3[C@]3(C(=O)Nc4c3ccc(Cl)c4C)[C@@H]2C1=O. The number of anilines is 2. The van der Waals surface area contributed by atoms with Crippen molar-refractivity contribution in [1.29, 1.82) is 0 Å². The first-order valence-corrected chi connectivity index (χ1v) is 11.7. The van der Waals surface area contributed by atoms with Crippen molar-refractivity contribution in [2.24, 2.45) is 11.8 Å². The highest BCUT2D eigenvalue weighted by molar-refractivity contribution is 6.32. The van der Waals surface area contributed by atoms with Crippen molar-refractivity contribution < 1.29 is 24.0 Å². The van der Waals surface area contributed by atoms with Crippen molar-refractivity contribution in [3.63, 3.8) is 0 Å². The van der Waals surface area contributed by atoms with Crippen LogP contribution in [0.3, 0.4) is 0 Å². The number of non-ortho nitro benzene ring substituents is 1. The average molecular weight is 497 g/mol. The van der Waals surface area contributed by atoms with Crippen LogP contribution in [0, 0.1) is 28.9 Å². The molecule has 3 amide bonds. The molecule has 35 heavy (non-hydrogen) atoms. The number of amides is 3. The zero-order valence-corrected chi connectivity index (χ0v) is 19.7. The molecule has 1 N–H and O–H groups in total.